The first-order chi connectivity index (χ1) is 11.5. The summed E-state index contributed by atoms with van der Waals surface area (Å²) in [6, 6.07) is 7.36. The molecule has 1 saturated carbocycles. The summed E-state index contributed by atoms with van der Waals surface area (Å²) >= 11 is 0. The lowest BCUT2D eigenvalue weighted by molar-refractivity contribution is -0.118. The summed E-state index contributed by atoms with van der Waals surface area (Å²) in [4.78, 5) is 24.2. The van der Waals surface area contributed by atoms with Gasteiger partial charge in [0.2, 0.25) is 11.8 Å². The van der Waals surface area contributed by atoms with E-state index in [0.717, 1.165) is 43.7 Å². The van der Waals surface area contributed by atoms with Gasteiger partial charge in [-0.15, -0.1) is 12.4 Å². The van der Waals surface area contributed by atoms with Crippen molar-refractivity contribution in [2.24, 2.45) is 17.3 Å². The normalized spacial score (nSPS) is 20.7. The molecule has 1 spiro atoms. The lowest BCUT2D eigenvalue weighted by atomic mass is 9.92. The van der Waals surface area contributed by atoms with E-state index in [2.05, 4.69) is 16.0 Å². The van der Waals surface area contributed by atoms with Crippen molar-refractivity contribution in [2.75, 3.05) is 23.7 Å². The van der Waals surface area contributed by atoms with E-state index in [9.17, 15) is 9.59 Å². The number of hydrogen-bond acceptors (Lipinski definition) is 3. The molecule has 2 amide bonds. The largest absolute Gasteiger partial charge is 0.326 e. The van der Waals surface area contributed by atoms with Crippen molar-refractivity contribution in [1.29, 1.82) is 0 Å². The van der Waals surface area contributed by atoms with E-state index in [1.807, 2.05) is 38.1 Å². The van der Waals surface area contributed by atoms with Crippen LogP contribution in [-0.4, -0.2) is 24.9 Å². The Labute approximate surface area is 155 Å². The minimum Gasteiger partial charge on any atom is -0.326 e. The zero-order valence-corrected chi connectivity index (χ0v) is 15.7. The first kappa shape index (κ1) is 19.7. The van der Waals surface area contributed by atoms with Gasteiger partial charge >= 0.3 is 0 Å². The van der Waals surface area contributed by atoms with Gasteiger partial charge in [0.25, 0.3) is 0 Å². The molecule has 1 saturated heterocycles. The third-order valence-corrected chi connectivity index (χ3v) is 5.14. The third kappa shape index (κ3) is 4.95. The van der Waals surface area contributed by atoms with Gasteiger partial charge in [0.1, 0.15) is 0 Å². The molecule has 1 heterocycles. The van der Waals surface area contributed by atoms with E-state index < -0.39 is 0 Å². The Morgan fingerprint density at radius 2 is 1.68 bits per heavy atom. The number of halogens is 1. The van der Waals surface area contributed by atoms with E-state index in [1.165, 1.54) is 0 Å². The van der Waals surface area contributed by atoms with Crippen molar-refractivity contribution in [3.63, 3.8) is 0 Å². The number of amides is 2. The number of hydrogen-bond donors (Lipinski definition) is 3. The van der Waals surface area contributed by atoms with Crippen LogP contribution in [0.1, 0.15) is 39.5 Å². The van der Waals surface area contributed by atoms with E-state index in [0.29, 0.717) is 12.3 Å². The summed E-state index contributed by atoms with van der Waals surface area (Å²) in [5, 5.41) is 9.25. The Bertz CT molecular complexity index is 610. The molecule has 1 aromatic rings. The van der Waals surface area contributed by atoms with Gasteiger partial charge in [0, 0.05) is 23.7 Å². The Kier molecular flexibility index (Phi) is 6.47. The van der Waals surface area contributed by atoms with Gasteiger partial charge in [-0.2, -0.15) is 0 Å². The molecular formula is C19H28ClN3O2. The highest BCUT2D eigenvalue weighted by molar-refractivity contribution is 5.96. The lowest BCUT2D eigenvalue weighted by Gasteiger charge is -2.23. The molecule has 0 bridgehead atoms. The summed E-state index contributed by atoms with van der Waals surface area (Å²) in [6.07, 6.45) is 3.73. The van der Waals surface area contributed by atoms with Gasteiger partial charge in [-0.25, -0.2) is 0 Å². The van der Waals surface area contributed by atoms with Crippen molar-refractivity contribution in [1.82, 2.24) is 5.32 Å². The molecule has 1 aromatic carbocycles. The van der Waals surface area contributed by atoms with E-state index >= 15 is 0 Å². The minimum absolute atomic E-state index is 0. The maximum Gasteiger partial charge on any atom is 0.228 e. The van der Waals surface area contributed by atoms with Crippen LogP contribution >= 0.6 is 12.4 Å². The average Bonchev–Trinajstić information content (AvgIpc) is 3.22. The zero-order valence-electron chi connectivity index (χ0n) is 14.9. The van der Waals surface area contributed by atoms with Crippen LogP contribution in [0.15, 0.2) is 24.3 Å². The van der Waals surface area contributed by atoms with Crippen LogP contribution in [0.3, 0.4) is 0 Å². The molecule has 1 unspecified atom stereocenters. The number of carbonyl (C=O) groups is 2. The van der Waals surface area contributed by atoms with E-state index in [-0.39, 0.29) is 35.6 Å². The number of carbonyl (C=O) groups excluding carboxylic acids is 2. The summed E-state index contributed by atoms with van der Waals surface area (Å²) in [6.45, 7) is 6.08. The van der Waals surface area contributed by atoms with Crippen molar-refractivity contribution in [3.8, 4) is 0 Å². The number of benzene rings is 1. The molecule has 1 aliphatic carbocycles. The minimum atomic E-state index is 0. The summed E-state index contributed by atoms with van der Waals surface area (Å²) in [5.74, 6) is 0.649. The molecule has 6 heteroatoms. The summed E-state index contributed by atoms with van der Waals surface area (Å²) < 4.78 is 0. The van der Waals surface area contributed by atoms with Crippen LogP contribution in [0, 0.1) is 17.3 Å². The van der Waals surface area contributed by atoms with Crippen LogP contribution in [0.25, 0.3) is 0 Å². The fourth-order valence-corrected chi connectivity index (χ4v) is 3.64. The maximum atomic E-state index is 12.4. The second-order valence-corrected chi connectivity index (χ2v) is 7.58. The van der Waals surface area contributed by atoms with Crippen LogP contribution in [0.4, 0.5) is 11.4 Å². The second-order valence-electron chi connectivity index (χ2n) is 7.58. The molecular weight excluding hydrogens is 338 g/mol. The van der Waals surface area contributed by atoms with Crippen LogP contribution in [0.5, 0.6) is 0 Å². The highest BCUT2D eigenvalue weighted by Gasteiger charge is 2.57. The van der Waals surface area contributed by atoms with Crippen LogP contribution in [-0.2, 0) is 9.59 Å². The van der Waals surface area contributed by atoms with Gasteiger partial charge < -0.3 is 16.0 Å². The highest BCUT2D eigenvalue weighted by Crippen LogP contribution is 2.58. The highest BCUT2D eigenvalue weighted by atomic mass is 35.5. The molecule has 3 rings (SSSR count). The monoisotopic (exact) mass is 365 g/mol. The van der Waals surface area contributed by atoms with Crippen molar-refractivity contribution >= 4 is 35.6 Å². The number of piperidine rings is 1. The van der Waals surface area contributed by atoms with E-state index in [1.54, 1.807) is 0 Å². The SMILES string of the molecule is CC(C)CC(=O)Nc1ccc(NC(=O)C2CC23CCNCC3)cc1.Cl. The first-order valence-corrected chi connectivity index (χ1v) is 8.90. The summed E-state index contributed by atoms with van der Waals surface area (Å²) in [5.41, 5.74) is 1.80. The van der Waals surface area contributed by atoms with Gasteiger partial charge in [-0.1, -0.05) is 13.8 Å². The molecule has 3 N–H and O–H groups in total. The second kappa shape index (κ2) is 8.19. The molecule has 0 aromatic heterocycles. The average molecular weight is 366 g/mol. The molecule has 2 aliphatic rings. The van der Waals surface area contributed by atoms with Crippen molar-refractivity contribution in [2.45, 2.75) is 39.5 Å². The zero-order chi connectivity index (χ0) is 17.2. The van der Waals surface area contributed by atoms with Crippen molar-refractivity contribution in [3.05, 3.63) is 24.3 Å². The number of rotatable bonds is 5. The third-order valence-electron chi connectivity index (χ3n) is 5.14. The Morgan fingerprint density at radius 1 is 1.12 bits per heavy atom. The quantitative estimate of drug-likeness (QED) is 0.748. The molecule has 1 aliphatic heterocycles. The topological polar surface area (TPSA) is 70.2 Å². The number of nitrogens with one attached hydrogen (secondary N) is 3. The first-order valence-electron chi connectivity index (χ1n) is 8.90. The van der Waals surface area contributed by atoms with Crippen LogP contribution < -0.4 is 16.0 Å². The Morgan fingerprint density at radius 3 is 2.24 bits per heavy atom. The Hall–Kier alpha value is -1.59. The molecule has 2 fully saturated rings. The number of anilines is 2. The predicted molar refractivity (Wildman–Crippen MR) is 103 cm³/mol. The smallest absolute Gasteiger partial charge is 0.228 e. The molecule has 1 atom stereocenters. The molecule has 0 radical (unpaired) electrons. The molecule has 5 nitrogen and oxygen atoms in total. The van der Waals surface area contributed by atoms with Gasteiger partial charge in [0.15, 0.2) is 0 Å². The van der Waals surface area contributed by atoms with Gasteiger partial charge in [0.05, 0.1) is 0 Å². The summed E-state index contributed by atoms with van der Waals surface area (Å²) in [7, 11) is 0. The fraction of sp³-hybridized carbons (Fsp3) is 0.579. The molecule has 25 heavy (non-hydrogen) atoms. The molecule has 138 valence electrons. The van der Waals surface area contributed by atoms with E-state index in [4.69, 9.17) is 0 Å². The van der Waals surface area contributed by atoms with Crippen molar-refractivity contribution < 1.29 is 9.59 Å². The van der Waals surface area contributed by atoms with Gasteiger partial charge in [-0.3, -0.25) is 9.59 Å². The predicted octanol–water partition coefficient (Wildman–Crippen LogP) is 3.42. The van der Waals surface area contributed by atoms with Crippen LogP contribution in [0.2, 0.25) is 0 Å². The standard InChI is InChI=1S/C19H27N3O2.ClH/c1-13(2)11-17(23)21-14-3-5-15(6-4-14)22-18(24)16-12-19(16)7-9-20-10-8-19;/h3-6,13,16,20H,7-12H2,1-2H3,(H,21,23)(H,22,24);1H. The lowest BCUT2D eigenvalue weighted by Crippen LogP contribution is -2.31. The van der Waals surface area contributed by atoms with Gasteiger partial charge in [-0.05, 0) is 68.0 Å². The Balaban J connectivity index is 0.00000225. The maximum absolute atomic E-state index is 12.4. The fourth-order valence-electron chi connectivity index (χ4n) is 3.64.